The average molecular weight is 311 g/mol. The van der Waals surface area contributed by atoms with Crippen LogP contribution in [0.3, 0.4) is 0 Å². The molecule has 0 fully saturated rings. The Morgan fingerprint density at radius 3 is 2.70 bits per heavy atom. The minimum atomic E-state index is -1.13. The summed E-state index contributed by atoms with van der Waals surface area (Å²) in [5.41, 5.74) is 2.05. The molecule has 23 heavy (non-hydrogen) atoms. The molecule has 0 saturated heterocycles. The van der Waals surface area contributed by atoms with Crippen LogP contribution >= 0.6 is 0 Å². The zero-order valence-electron chi connectivity index (χ0n) is 13.2. The number of ether oxygens (including phenoxy) is 1. The molecule has 0 radical (unpaired) electrons. The van der Waals surface area contributed by atoms with Gasteiger partial charge in [-0.1, -0.05) is 26.5 Å². The van der Waals surface area contributed by atoms with E-state index in [0.29, 0.717) is 28.3 Å². The number of carboxylic acid groups (broad SMARTS) is 1. The second-order valence-electron chi connectivity index (χ2n) is 5.22. The van der Waals surface area contributed by atoms with Crippen molar-refractivity contribution in [1.29, 1.82) is 5.26 Å². The van der Waals surface area contributed by atoms with Crippen LogP contribution in [0.15, 0.2) is 24.8 Å². The zero-order chi connectivity index (χ0) is 17.1. The van der Waals surface area contributed by atoms with Gasteiger partial charge in [-0.25, -0.2) is 9.48 Å². The summed E-state index contributed by atoms with van der Waals surface area (Å²) in [5, 5.41) is 22.7. The Morgan fingerprint density at radius 1 is 1.52 bits per heavy atom. The molecule has 2 rings (SSSR count). The van der Waals surface area contributed by atoms with E-state index in [1.54, 1.807) is 18.2 Å². The minimum Gasteiger partial charge on any atom is -0.494 e. The fourth-order valence-corrected chi connectivity index (χ4v) is 2.47. The molecule has 0 bridgehead atoms. The summed E-state index contributed by atoms with van der Waals surface area (Å²) >= 11 is 0. The van der Waals surface area contributed by atoms with Gasteiger partial charge in [-0.2, -0.15) is 10.4 Å². The van der Waals surface area contributed by atoms with E-state index in [0.717, 1.165) is 0 Å². The molecule has 0 unspecified atom stereocenters. The molecule has 0 aliphatic heterocycles. The maximum absolute atomic E-state index is 11.5. The van der Waals surface area contributed by atoms with Gasteiger partial charge in [0.2, 0.25) is 0 Å². The van der Waals surface area contributed by atoms with Crippen LogP contribution in [0, 0.1) is 11.3 Å². The molecule has 118 valence electrons. The van der Waals surface area contributed by atoms with E-state index in [1.165, 1.54) is 17.9 Å². The smallest absolute Gasteiger partial charge is 0.357 e. The first kappa shape index (κ1) is 16.3. The second-order valence-corrected chi connectivity index (χ2v) is 5.22. The number of methoxy groups -OCH3 is 1. The molecule has 0 saturated carbocycles. The highest BCUT2D eigenvalue weighted by atomic mass is 16.5. The topological polar surface area (TPSA) is 88.1 Å². The van der Waals surface area contributed by atoms with Crippen LogP contribution in [0.4, 0.5) is 0 Å². The van der Waals surface area contributed by atoms with Gasteiger partial charge in [-0.05, 0) is 24.1 Å². The maximum atomic E-state index is 11.5. The van der Waals surface area contributed by atoms with Gasteiger partial charge in [0.05, 0.1) is 24.4 Å². The van der Waals surface area contributed by atoms with E-state index in [9.17, 15) is 9.90 Å². The lowest BCUT2D eigenvalue weighted by Gasteiger charge is -2.14. The summed E-state index contributed by atoms with van der Waals surface area (Å²) in [6.07, 6.45) is 1.49. The van der Waals surface area contributed by atoms with E-state index < -0.39 is 5.97 Å². The van der Waals surface area contributed by atoms with Crippen molar-refractivity contribution < 1.29 is 14.6 Å². The molecular formula is C17H17N3O3. The normalized spacial score (nSPS) is 10.4. The number of aromatic nitrogens is 2. The highest BCUT2D eigenvalue weighted by molar-refractivity contribution is 5.90. The summed E-state index contributed by atoms with van der Waals surface area (Å²) in [6.45, 7) is 7.57. The Kier molecular flexibility index (Phi) is 4.51. The summed E-state index contributed by atoms with van der Waals surface area (Å²) in [6, 6.07) is 6.98. The van der Waals surface area contributed by atoms with Crippen LogP contribution in [-0.4, -0.2) is 28.0 Å². The van der Waals surface area contributed by atoms with Crippen LogP contribution < -0.4 is 4.74 Å². The minimum absolute atomic E-state index is 0.000882. The largest absolute Gasteiger partial charge is 0.494 e. The fraction of sp³-hybridized carbons (Fsp3) is 0.235. The van der Waals surface area contributed by atoms with Crippen molar-refractivity contribution >= 4 is 12.0 Å². The molecule has 2 aromatic rings. The first-order chi connectivity index (χ1) is 10.9. The van der Waals surface area contributed by atoms with Crippen molar-refractivity contribution in [2.75, 3.05) is 7.11 Å². The first-order valence-electron chi connectivity index (χ1n) is 7.01. The van der Waals surface area contributed by atoms with Gasteiger partial charge in [0.1, 0.15) is 11.4 Å². The van der Waals surface area contributed by atoms with E-state index in [4.69, 9.17) is 10.00 Å². The number of hydrogen-bond donors (Lipinski definition) is 1. The molecule has 0 spiro atoms. The van der Waals surface area contributed by atoms with Crippen molar-refractivity contribution in [2.45, 2.75) is 19.8 Å². The molecule has 0 atom stereocenters. The number of carboxylic acids is 1. The Labute approximate surface area is 134 Å². The van der Waals surface area contributed by atoms with Crippen molar-refractivity contribution in [3.63, 3.8) is 0 Å². The number of carbonyl (C=O) groups is 1. The third-order valence-electron chi connectivity index (χ3n) is 3.45. The number of hydrogen-bond acceptors (Lipinski definition) is 4. The van der Waals surface area contributed by atoms with Gasteiger partial charge in [-0.3, -0.25) is 0 Å². The monoisotopic (exact) mass is 311 g/mol. The number of nitrogens with zero attached hydrogens (tertiary/aromatic N) is 3. The van der Waals surface area contributed by atoms with Gasteiger partial charge in [0.25, 0.3) is 0 Å². The third-order valence-corrected chi connectivity index (χ3v) is 3.45. The van der Waals surface area contributed by atoms with Gasteiger partial charge >= 0.3 is 5.97 Å². The van der Waals surface area contributed by atoms with Crippen LogP contribution in [0.25, 0.3) is 11.8 Å². The van der Waals surface area contributed by atoms with Crippen molar-refractivity contribution in [1.82, 2.24) is 9.78 Å². The van der Waals surface area contributed by atoms with Crippen LogP contribution in [-0.2, 0) is 0 Å². The van der Waals surface area contributed by atoms with Gasteiger partial charge in [0.15, 0.2) is 5.69 Å². The second kappa shape index (κ2) is 6.36. The van der Waals surface area contributed by atoms with E-state index >= 15 is 0 Å². The Balaban J connectivity index is 2.85. The van der Waals surface area contributed by atoms with E-state index in [1.807, 2.05) is 13.8 Å². The van der Waals surface area contributed by atoms with Crippen molar-refractivity contribution in [3.05, 3.63) is 47.3 Å². The molecule has 0 aliphatic carbocycles. The fourth-order valence-electron chi connectivity index (χ4n) is 2.47. The van der Waals surface area contributed by atoms with Gasteiger partial charge in [-0.15, -0.1) is 0 Å². The average Bonchev–Trinajstić information content (AvgIpc) is 2.93. The van der Waals surface area contributed by atoms with Crippen molar-refractivity contribution in [3.8, 4) is 17.5 Å². The quantitative estimate of drug-likeness (QED) is 0.916. The number of nitriles is 1. The lowest BCUT2D eigenvalue weighted by molar-refractivity contribution is 0.0689. The summed E-state index contributed by atoms with van der Waals surface area (Å²) in [5.74, 6) is -0.629. The molecule has 1 aromatic carbocycles. The lowest BCUT2D eigenvalue weighted by Crippen LogP contribution is -2.07. The third kappa shape index (κ3) is 2.81. The molecule has 6 nitrogen and oxygen atoms in total. The van der Waals surface area contributed by atoms with E-state index in [2.05, 4.69) is 17.7 Å². The molecule has 1 aromatic heterocycles. The lowest BCUT2D eigenvalue weighted by atomic mass is 10.0. The molecule has 1 heterocycles. The standard InChI is InChI=1S/C17H17N3O3/c1-5-12-15(17(21)22)19-20(16(12)10(2)3)13-8-11(9-18)6-7-14(13)23-4/h5-8,10H,1H2,2-4H3,(H,21,22). The molecule has 6 heteroatoms. The maximum Gasteiger partial charge on any atom is 0.357 e. The Morgan fingerprint density at radius 2 is 2.22 bits per heavy atom. The zero-order valence-corrected chi connectivity index (χ0v) is 13.2. The predicted molar refractivity (Wildman–Crippen MR) is 86.0 cm³/mol. The number of aromatic carboxylic acids is 1. The Bertz CT molecular complexity index is 813. The van der Waals surface area contributed by atoms with Crippen LogP contribution in [0.2, 0.25) is 0 Å². The van der Waals surface area contributed by atoms with Crippen LogP contribution in [0.1, 0.15) is 47.1 Å². The SMILES string of the molecule is C=Cc1c(C(=O)O)nn(-c2cc(C#N)ccc2OC)c1C(C)C. The summed E-state index contributed by atoms with van der Waals surface area (Å²) in [7, 11) is 1.51. The highest BCUT2D eigenvalue weighted by Crippen LogP contribution is 2.31. The molecular weight excluding hydrogens is 294 g/mol. The van der Waals surface area contributed by atoms with E-state index in [-0.39, 0.29) is 11.6 Å². The highest BCUT2D eigenvalue weighted by Gasteiger charge is 2.24. The number of rotatable bonds is 5. The van der Waals surface area contributed by atoms with Gasteiger partial charge < -0.3 is 9.84 Å². The first-order valence-corrected chi connectivity index (χ1v) is 7.01. The number of benzene rings is 1. The van der Waals surface area contributed by atoms with Gasteiger partial charge in [0, 0.05) is 5.56 Å². The predicted octanol–water partition coefficient (Wildman–Crippen LogP) is 3.22. The molecule has 1 N–H and O–H groups in total. The van der Waals surface area contributed by atoms with Crippen molar-refractivity contribution in [2.24, 2.45) is 0 Å². The molecule has 0 aliphatic rings. The van der Waals surface area contributed by atoms with Crippen LogP contribution in [0.5, 0.6) is 5.75 Å². The summed E-state index contributed by atoms with van der Waals surface area (Å²) < 4.78 is 6.85. The summed E-state index contributed by atoms with van der Waals surface area (Å²) in [4.78, 5) is 11.5. The Hall–Kier alpha value is -3.07. The molecule has 0 amide bonds.